The molecule has 1 atom stereocenters. The van der Waals surface area contributed by atoms with Crippen molar-refractivity contribution in [1.82, 2.24) is 4.90 Å². The lowest BCUT2D eigenvalue weighted by atomic mass is 10.1. The van der Waals surface area contributed by atoms with Crippen LogP contribution in [0, 0.1) is 11.8 Å². The van der Waals surface area contributed by atoms with Crippen molar-refractivity contribution in [3.8, 4) is 0 Å². The molecule has 15 heavy (non-hydrogen) atoms. The molecular weight excluding hydrogens is 207 g/mol. The molecule has 1 amide bonds. The van der Waals surface area contributed by atoms with Gasteiger partial charge in [0.25, 0.3) is 0 Å². The van der Waals surface area contributed by atoms with Gasteiger partial charge in [0.2, 0.25) is 5.91 Å². The highest BCUT2D eigenvalue weighted by molar-refractivity contribution is 5.78. The first kappa shape index (κ1) is 12.3. The average molecular weight is 223 g/mol. The van der Waals surface area contributed by atoms with Crippen LogP contribution in [0.5, 0.6) is 0 Å². The smallest absolute Gasteiger partial charge is 0.342 e. The average Bonchev–Trinajstić information content (AvgIpc) is 2.48. The lowest BCUT2D eigenvalue weighted by molar-refractivity contribution is -0.145. The summed E-state index contributed by atoms with van der Waals surface area (Å²) in [5.41, 5.74) is 0. The van der Waals surface area contributed by atoms with Crippen LogP contribution in [-0.2, 0) is 4.79 Å². The Morgan fingerprint density at radius 2 is 2.07 bits per heavy atom. The van der Waals surface area contributed by atoms with Crippen LogP contribution in [0.4, 0.5) is 13.2 Å². The molecular formula is C10H16F3NO. The highest BCUT2D eigenvalue weighted by atomic mass is 19.4. The molecule has 1 unspecified atom stereocenters. The van der Waals surface area contributed by atoms with Gasteiger partial charge in [-0.05, 0) is 12.3 Å². The van der Waals surface area contributed by atoms with Crippen molar-refractivity contribution in [2.75, 3.05) is 13.1 Å². The van der Waals surface area contributed by atoms with E-state index in [1.165, 1.54) is 0 Å². The summed E-state index contributed by atoms with van der Waals surface area (Å²) in [6.45, 7) is 4.26. The summed E-state index contributed by atoms with van der Waals surface area (Å²) in [5, 5.41) is 0. The molecule has 0 aliphatic carbocycles. The summed E-state index contributed by atoms with van der Waals surface area (Å²) < 4.78 is 36.3. The lowest BCUT2D eigenvalue weighted by Gasteiger charge is -2.19. The Hall–Kier alpha value is -0.740. The van der Waals surface area contributed by atoms with Crippen molar-refractivity contribution in [3.63, 3.8) is 0 Å². The predicted molar refractivity (Wildman–Crippen MR) is 50.2 cm³/mol. The zero-order valence-corrected chi connectivity index (χ0v) is 8.97. The topological polar surface area (TPSA) is 20.3 Å². The molecule has 88 valence electrons. The first-order valence-corrected chi connectivity index (χ1v) is 5.15. The molecule has 0 bridgehead atoms. The van der Waals surface area contributed by atoms with Gasteiger partial charge in [-0.2, -0.15) is 13.2 Å². The molecule has 0 N–H and O–H groups in total. The van der Waals surface area contributed by atoms with Crippen LogP contribution in [0.3, 0.4) is 0 Å². The zero-order chi connectivity index (χ0) is 11.6. The fourth-order valence-corrected chi connectivity index (χ4v) is 1.89. The molecule has 0 saturated carbocycles. The second-order valence-corrected chi connectivity index (χ2v) is 4.41. The van der Waals surface area contributed by atoms with Gasteiger partial charge < -0.3 is 4.90 Å². The van der Waals surface area contributed by atoms with Crippen molar-refractivity contribution < 1.29 is 18.0 Å². The molecule has 1 aliphatic rings. The van der Waals surface area contributed by atoms with Gasteiger partial charge >= 0.3 is 6.18 Å². The second kappa shape index (κ2) is 4.41. The molecule has 0 spiro atoms. The molecule has 0 aromatic carbocycles. The van der Waals surface area contributed by atoms with Gasteiger partial charge in [0.05, 0.1) is 0 Å². The summed E-state index contributed by atoms with van der Waals surface area (Å²) in [7, 11) is 0. The van der Waals surface area contributed by atoms with Gasteiger partial charge in [0, 0.05) is 25.4 Å². The maximum Gasteiger partial charge on any atom is 0.389 e. The third-order valence-corrected chi connectivity index (χ3v) is 2.61. The minimum absolute atomic E-state index is 0.0420. The Morgan fingerprint density at radius 1 is 1.47 bits per heavy atom. The molecule has 0 radical (unpaired) electrons. The Bertz CT molecular complexity index is 237. The highest BCUT2D eigenvalue weighted by Gasteiger charge is 2.36. The molecule has 1 saturated heterocycles. The van der Waals surface area contributed by atoms with Gasteiger partial charge in [-0.3, -0.25) is 4.79 Å². The van der Waals surface area contributed by atoms with Gasteiger partial charge in [-0.1, -0.05) is 13.8 Å². The van der Waals surface area contributed by atoms with Crippen LogP contribution in [0.15, 0.2) is 0 Å². The summed E-state index contributed by atoms with van der Waals surface area (Å²) >= 11 is 0. The Labute approximate surface area is 87.4 Å². The van der Waals surface area contributed by atoms with Crippen LogP contribution in [-0.4, -0.2) is 30.1 Å². The summed E-state index contributed by atoms with van der Waals surface area (Å²) in [6.07, 6.45) is -4.41. The van der Waals surface area contributed by atoms with E-state index in [0.29, 0.717) is 13.0 Å². The number of hydrogen-bond acceptors (Lipinski definition) is 1. The summed E-state index contributed by atoms with van der Waals surface area (Å²) in [6, 6.07) is 0. The van der Waals surface area contributed by atoms with E-state index in [-0.39, 0.29) is 18.4 Å². The summed E-state index contributed by atoms with van der Waals surface area (Å²) in [5.74, 6) is -0.581. The number of halogens is 3. The molecule has 1 rings (SSSR count). The SMILES string of the molecule is CC(C)C(=O)N1CCC(CC(F)(F)F)C1. The normalized spacial score (nSPS) is 22.5. The van der Waals surface area contributed by atoms with E-state index in [1.807, 2.05) is 0 Å². The fraction of sp³-hybridized carbons (Fsp3) is 0.900. The van der Waals surface area contributed by atoms with Crippen molar-refractivity contribution in [1.29, 1.82) is 0 Å². The third kappa shape index (κ3) is 3.72. The van der Waals surface area contributed by atoms with E-state index in [4.69, 9.17) is 0 Å². The number of nitrogens with zero attached hydrogens (tertiary/aromatic N) is 1. The first-order valence-electron chi connectivity index (χ1n) is 5.15. The minimum atomic E-state index is -4.11. The number of amides is 1. The van der Waals surface area contributed by atoms with E-state index >= 15 is 0 Å². The fourth-order valence-electron chi connectivity index (χ4n) is 1.89. The van der Waals surface area contributed by atoms with Crippen LogP contribution in [0.25, 0.3) is 0 Å². The maximum absolute atomic E-state index is 12.1. The number of likely N-dealkylation sites (tertiary alicyclic amines) is 1. The van der Waals surface area contributed by atoms with Gasteiger partial charge in [-0.15, -0.1) is 0 Å². The number of carbonyl (C=O) groups excluding carboxylic acids is 1. The maximum atomic E-state index is 12.1. The van der Waals surface area contributed by atoms with Crippen molar-refractivity contribution in [2.45, 2.75) is 32.9 Å². The van der Waals surface area contributed by atoms with Crippen LogP contribution >= 0.6 is 0 Å². The third-order valence-electron chi connectivity index (χ3n) is 2.61. The van der Waals surface area contributed by atoms with E-state index in [0.717, 1.165) is 0 Å². The molecule has 1 heterocycles. The molecule has 1 aliphatic heterocycles. The monoisotopic (exact) mass is 223 g/mol. The number of rotatable bonds is 2. The van der Waals surface area contributed by atoms with E-state index < -0.39 is 18.5 Å². The number of hydrogen-bond donors (Lipinski definition) is 0. The van der Waals surface area contributed by atoms with Gasteiger partial charge in [0.1, 0.15) is 0 Å². The number of alkyl halides is 3. The quantitative estimate of drug-likeness (QED) is 0.704. The predicted octanol–water partition coefficient (Wildman–Crippen LogP) is 2.44. The van der Waals surface area contributed by atoms with Gasteiger partial charge in [0.15, 0.2) is 0 Å². The molecule has 0 aromatic heterocycles. The van der Waals surface area contributed by atoms with Crippen molar-refractivity contribution in [2.24, 2.45) is 11.8 Å². The molecule has 2 nitrogen and oxygen atoms in total. The van der Waals surface area contributed by atoms with Crippen molar-refractivity contribution in [3.05, 3.63) is 0 Å². The Kier molecular flexibility index (Phi) is 3.62. The minimum Gasteiger partial charge on any atom is -0.342 e. The standard InChI is InChI=1S/C10H16F3NO/c1-7(2)9(15)14-4-3-8(6-14)5-10(11,12)13/h7-8H,3-6H2,1-2H3. The van der Waals surface area contributed by atoms with Crippen LogP contribution in [0.2, 0.25) is 0 Å². The molecule has 1 fully saturated rings. The van der Waals surface area contributed by atoms with E-state index in [9.17, 15) is 18.0 Å². The Balaban J connectivity index is 2.43. The zero-order valence-electron chi connectivity index (χ0n) is 8.97. The Morgan fingerprint density at radius 3 is 2.53 bits per heavy atom. The largest absolute Gasteiger partial charge is 0.389 e. The van der Waals surface area contributed by atoms with Gasteiger partial charge in [-0.25, -0.2) is 0 Å². The number of carbonyl (C=O) groups is 1. The first-order chi connectivity index (χ1) is 6.79. The molecule has 0 aromatic rings. The van der Waals surface area contributed by atoms with E-state index in [2.05, 4.69) is 0 Å². The lowest BCUT2D eigenvalue weighted by Crippen LogP contribution is -2.32. The van der Waals surface area contributed by atoms with Crippen LogP contribution < -0.4 is 0 Å². The highest BCUT2D eigenvalue weighted by Crippen LogP contribution is 2.30. The van der Waals surface area contributed by atoms with Crippen LogP contribution in [0.1, 0.15) is 26.7 Å². The molecule has 5 heteroatoms. The summed E-state index contributed by atoms with van der Waals surface area (Å²) in [4.78, 5) is 13.0. The second-order valence-electron chi connectivity index (χ2n) is 4.41. The van der Waals surface area contributed by atoms with E-state index in [1.54, 1.807) is 18.7 Å². The van der Waals surface area contributed by atoms with Crippen molar-refractivity contribution >= 4 is 5.91 Å².